The van der Waals surface area contributed by atoms with E-state index in [4.69, 9.17) is 4.74 Å². The van der Waals surface area contributed by atoms with Crippen molar-refractivity contribution >= 4 is 5.69 Å². The Morgan fingerprint density at radius 3 is 3.10 bits per heavy atom. The molecule has 0 amide bonds. The van der Waals surface area contributed by atoms with Crippen molar-refractivity contribution in [3.8, 4) is 11.8 Å². The minimum absolute atomic E-state index is 0.0231. The zero-order valence-corrected chi connectivity index (χ0v) is 12.0. The van der Waals surface area contributed by atoms with Gasteiger partial charge in [0.15, 0.2) is 0 Å². The summed E-state index contributed by atoms with van der Waals surface area (Å²) in [6.45, 7) is 0.455. The van der Waals surface area contributed by atoms with Crippen LogP contribution in [0, 0.1) is 27.4 Å². The van der Waals surface area contributed by atoms with Gasteiger partial charge < -0.3 is 10.1 Å². The molecule has 2 rings (SSSR count). The average Bonchev–Trinajstić information content (AvgIpc) is 2.91. The van der Waals surface area contributed by atoms with Crippen LogP contribution in [0.4, 0.5) is 5.69 Å². The van der Waals surface area contributed by atoms with Gasteiger partial charge in [0.05, 0.1) is 23.7 Å². The van der Waals surface area contributed by atoms with Gasteiger partial charge in [-0.2, -0.15) is 5.26 Å². The van der Waals surface area contributed by atoms with E-state index < -0.39 is 10.5 Å². The van der Waals surface area contributed by atoms with Crippen LogP contribution in [0.2, 0.25) is 0 Å². The number of nitrogens with one attached hydrogen (secondary N) is 1. The highest BCUT2D eigenvalue weighted by Gasteiger charge is 2.41. The van der Waals surface area contributed by atoms with Gasteiger partial charge in [-0.3, -0.25) is 10.1 Å². The van der Waals surface area contributed by atoms with Crippen LogP contribution in [-0.2, 0) is 0 Å². The molecule has 0 aliphatic heterocycles. The van der Waals surface area contributed by atoms with Crippen molar-refractivity contribution < 1.29 is 9.66 Å². The largest absolute Gasteiger partial charge is 0.493 e. The first-order chi connectivity index (χ1) is 10.1. The van der Waals surface area contributed by atoms with Gasteiger partial charge in [0.1, 0.15) is 11.3 Å². The van der Waals surface area contributed by atoms with Gasteiger partial charge in [-0.25, -0.2) is 0 Å². The molecule has 6 heteroatoms. The van der Waals surface area contributed by atoms with Crippen LogP contribution in [0.25, 0.3) is 0 Å². The summed E-state index contributed by atoms with van der Waals surface area (Å²) in [6.07, 6.45) is 3.67. The molecule has 112 valence electrons. The number of nitro groups is 1. The fourth-order valence-electron chi connectivity index (χ4n) is 3.01. The van der Waals surface area contributed by atoms with E-state index in [0.29, 0.717) is 12.4 Å². The number of hydrogen-bond donors (Lipinski definition) is 1. The number of non-ortho nitro benzene ring substituents is 1. The topological polar surface area (TPSA) is 88.2 Å². The van der Waals surface area contributed by atoms with Crippen molar-refractivity contribution in [2.75, 3.05) is 13.7 Å². The van der Waals surface area contributed by atoms with Gasteiger partial charge in [0, 0.05) is 6.07 Å². The Bertz CT molecular complexity index is 555. The Balaban J connectivity index is 1.91. The summed E-state index contributed by atoms with van der Waals surface area (Å²) in [5.41, 5.74) is -0.429. The maximum Gasteiger partial charge on any atom is 0.273 e. The second-order valence-electron chi connectivity index (χ2n) is 5.31. The Hall–Kier alpha value is -2.13. The van der Waals surface area contributed by atoms with Crippen molar-refractivity contribution in [2.45, 2.75) is 31.2 Å². The number of benzene rings is 1. The molecule has 2 unspecified atom stereocenters. The lowest BCUT2D eigenvalue weighted by Crippen LogP contribution is -2.45. The quantitative estimate of drug-likeness (QED) is 0.642. The normalized spacial score (nSPS) is 24.5. The molecular weight excluding hydrogens is 270 g/mol. The van der Waals surface area contributed by atoms with Crippen molar-refractivity contribution in [3.63, 3.8) is 0 Å². The fourth-order valence-corrected chi connectivity index (χ4v) is 3.01. The fraction of sp³-hybridized carbons (Fsp3) is 0.533. The molecule has 21 heavy (non-hydrogen) atoms. The van der Waals surface area contributed by atoms with E-state index in [9.17, 15) is 15.4 Å². The summed E-state index contributed by atoms with van der Waals surface area (Å²) in [6, 6.07) is 8.56. The summed E-state index contributed by atoms with van der Waals surface area (Å²) >= 11 is 0. The van der Waals surface area contributed by atoms with E-state index >= 15 is 0 Å². The van der Waals surface area contributed by atoms with Crippen LogP contribution in [0.5, 0.6) is 5.75 Å². The Morgan fingerprint density at radius 2 is 2.43 bits per heavy atom. The van der Waals surface area contributed by atoms with Crippen LogP contribution in [0.1, 0.15) is 25.7 Å². The molecule has 1 aliphatic rings. The average molecular weight is 289 g/mol. The molecule has 6 nitrogen and oxygen atoms in total. The maximum atomic E-state index is 10.7. The van der Waals surface area contributed by atoms with Crippen molar-refractivity contribution in [1.29, 1.82) is 5.26 Å². The third kappa shape index (κ3) is 3.31. The molecule has 1 N–H and O–H groups in total. The predicted octanol–water partition coefficient (Wildman–Crippen LogP) is 2.65. The smallest absolute Gasteiger partial charge is 0.273 e. The number of nitriles is 1. The summed E-state index contributed by atoms with van der Waals surface area (Å²) in [5, 5.41) is 23.2. The van der Waals surface area contributed by atoms with Gasteiger partial charge in [0.2, 0.25) is 0 Å². The molecule has 1 aromatic carbocycles. The molecular formula is C15H19N3O3. The van der Waals surface area contributed by atoms with E-state index in [2.05, 4.69) is 11.4 Å². The second-order valence-corrected chi connectivity index (χ2v) is 5.31. The molecule has 0 bridgehead atoms. The Morgan fingerprint density at radius 1 is 1.62 bits per heavy atom. The Kier molecular flexibility index (Phi) is 4.76. The molecule has 0 heterocycles. The zero-order chi connectivity index (χ0) is 15.3. The maximum absolute atomic E-state index is 10.7. The lowest BCUT2D eigenvalue weighted by atomic mass is 9.86. The Labute approximate surface area is 123 Å². The predicted molar refractivity (Wildman–Crippen MR) is 78.0 cm³/mol. The number of ether oxygens (including phenoxy) is 1. The summed E-state index contributed by atoms with van der Waals surface area (Å²) in [4.78, 5) is 10.3. The molecule has 0 spiro atoms. The third-order valence-electron chi connectivity index (χ3n) is 4.23. The molecule has 0 aromatic heterocycles. The van der Waals surface area contributed by atoms with Gasteiger partial charge in [-0.15, -0.1) is 0 Å². The monoisotopic (exact) mass is 289 g/mol. The van der Waals surface area contributed by atoms with Crippen LogP contribution in [-0.4, -0.2) is 24.1 Å². The third-order valence-corrected chi connectivity index (χ3v) is 4.23. The van der Waals surface area contributed by atoms with Gasteiger partial charge in [-0.1, -0.05) is 12.5 Å². The highest BCUT2D eigenvalue weighted by atomic mass is 16.6. The number of hydrogen-bond acceptors (Lipinski definition) is 5. The highest BCUT2D eigenvalue weighted by Crippen LogP contribution is 2.37. The van der Waals surface area contributed by atoms with Crippen molar-refractivity contribution in [2.24, 2.45) is 5.92 Å². The lowest BCUT2D eigenvalue weighted by molar-refractivity contribution is -0.384. The lowest BCUT2D eigenvalue weighted by Gasteiger charge is -2.28. The highest BCUT2D eigenvalue weighted by molar-refractivity contribution is 5.37. The van der Waals surface area contributed by atoms with E-state index in [1.165, 1.54) is 12.1 Å². The molecule has 1 saturated carbocycles. The molecule has 1 aromatic rings. The molecule has 2 atom stereocenters. The van der Waals surface area contributed by atoms with Crippen LogP contribution < -0.4 is 10.1 Å². The minimum Gasteiger partial charge on any atom is -0.493 e. The van der Waals surface area contributed by atoms with E-state index in [1.807, 2.05) is 7.05 Å². The zero-order valence-electron chi connectivity index (χ0n) is 12.0. The van der Waals surface area contributed by atoms with Gasteiger partial charge >= 0.3 is 0 Å². The van der Waals surface area contributed by atoms with Crippen molar-refractivity contribution in [1.82, 2.24) is 5.32 Å². The first-order valence-electron chi connectivity index (χ1n) is 7.09. The number of nitrogens with zero attached hydrogens (tertiary/aromatic N) is 2. The standard InChI is InChI=1S/C15H19N3O3/c1-17-15(11-16)8-3-4-12(15)7-9-21-14-6-2-5-13(10-14)18(19)20/h2,5-6,10,12,17H,3-4,7-9H2,1H3. The number of nitro benzene ring substituents is 1. The van der Waals surface area contributed by atoms with Crippen molar-refractivity contribution in [3.05, 3.63) is 34.4 Å². The molecule has 1 aliphatic carbocycles. The minimum atomic E-state index is -0.452. The molecule has 1 fully saturated rings. The SMILES string of the molecule is CNC1(C#N)CCCC1CCOc1cccc([N+](=O)[O-])c1. The second kappa shape index (κ2) is 6.55. The van der Waals surface area contributed by atoms with Crippen LogP contribution in [0.3, 0.4) is 0 Å². The molecule has 0 radical (unpaired) electrons. The molecule has 0 saturated heterocycles. The van der Waals surface area contributed by atoms with Crippen LogP contribution >= 0.6 is 0 Å². The summed E-state index contributed by atoms with van der Waals surface area (Å²) < 4.78 is 5.60. The summed E-state index contributed by atoms with van der Waals surface area (Å²) in [5.74, 6) is 0.750. The van der Waals surface area contributed by atoms with Crippen LogP contribution in [0.15, 0.2) is 24.3 Å². The summed E-state index contributed by atoms with van der Waals surface area (Å²) in [7, 11) is 1.82. The van der Waals surface area contributed by atoms with E-state index in [1.54, 1.807) is 12.1 Å². The van der Waals surface area contributed by atoms with E-state index in [0.717, 1.165) is 25.7 Å². The first kappa shape index (κ1) is 15.3. The van der Waals surface area contributed by atoms with E-state index in [-0.39, 0.29) is 11.6 Å². The van der Waals surface area contributed by atoms with Gasteiger partial charge in [0.25, 0.3) is 5.69 Å². The van der Waals surface area contributed by atoms with Gasteiger partial charge in [-0.05, 0) is 38.3 Å². The first-order valence-corrected chi connectivity index (χ1v) is 7.09. The number of rotatable bonds is 6.